The number of hydrogen-bond donors (Lipinski definition) is 1. The Morgan fingerprint density at radius 1 is 1.64 bits per heavy atom. The molecule has 1 N–H and O–H groups in total. The summed E-state index contributed by atoms with van der Waals surface area (Å²) in [6.07, 6.45) is 1.38. The van der Waals surface area contributed by atoms with Gasteiger partial charge >= 0.3 is 0 Å². The second-order valence-electron chi connectivity index (χ2n) is 1.94. The van der Waals surface area contributed by atoms with Crippen LogP contribution in [-0.4, -0.2) is 32.4 Å². The molecule has 6 heteroatoms. The Morgan fingerprint density at radius 3 is 2.36 bits per heavy atom. The first-order chi connectivity index (χ1) is 4.89. The van der Waals surface area contributed by atoms with Crippen molar-refractivity contribution in [3.63, 3.8) is 0 Å². The molecule has 5 nitrogen and oxygen atoms in total. The molecule has 0 atom stereocenters. The average Bonchev–Trinajstić information content (AvgIpc) is 1.85. The molecule has 0 rings (SSSR count). The van der Waals surface area contributed by atoms with Crippen LogP contribution in [0.1, 0.15) is 0 Å². The van der Waals surface area contributed by atoms with E-state index in [9.17, 15) is 13.2 Å². The van der Waals surface area contributed by atoms with Gasteiger partial charge in [0, 0.05) is 7.05 Å². The molecule has 0 spiro atoms. The lowest BCUT2D eigenvalue weighted by Crippen LogP contribution is -2.31. The van der Waals surface area contributed by atoms with Crippen molar-refractivity contribution in [1.82, 2.24) is 9.62 Å². The molecule has 11 heavy (non-hydrogen) atoms. The zero-order valence-electron chi connectivity index (χ0n) is 6.36. The third kappa shape index (κ3) is 3.03. The fourth-order valence-corrected chi connectivity index (χ4v) is 0.812. The van der Waals surface area contributed by atoms with E-state index < -0.39 is 10.0 Å². The summed E-state index contributed by atoms with van der Waals surface area (Å²) in [4.78, 5) is 9.85. The topological polar surface area (TPSA) is 66.5 Å². The van der Waals surface area contributed by atoms with Crippen molar-refractivity contribution in [2.45, 2.75) is 0 Å². The Labute approximate surface area is 65.7 Å². The quantitative estimate of drug-likeness (QED) is 0.567. The molecule has 0 bridgehead atoms. The highest BCUT2D eigenvalue weighted by Crippen LogP contribution is 1.98. The Kier molecular flexibility index (Phi) is 3.06. The van der Waals surface area contributed by atoms with Crippen LogP contribution < -0.4 is 5.32 Å². The number of sulfonamides is 1. The van der Waals surface area contributed by atoms with Gasteiger partial charge in [0.15, 0.2) is 0 Å². The van der Waals surface area contributed by atoms with Crippen molar-refractivity contribution in [2.24, 2.45) is 0 Å². The minimum atomic E-state index is -3.31. The first-order valence-electron chi connectivity index (χ1n) is 2.72. The van der Waals surface area contributed by atoms with E-state index in [0.717, 1.165) is 10.6 Å². The Morgan fingerprint density at radius 2 is 2.09 bits per heavy atom. The number of rotatable bonds is 4. The van der Waals surface area contributed by atoms with Crippen LogP contribution in [0, 0.1) is 0 Å². The van der Waals surface area contributed by atoms with Gasteiger partial charge < -0.3 is 5.32 Å². The highest BCUT2D eigenvalue weighted by molar-refractivity contribution is 7.88. The third-order valence-corrected chi connectivity index (χ3v) is 2.32. The number of nitrogens with zero attached hydrogens (tertiary/aromatic N) is 1. The maximum Gasteiger partial charge on any atom is 0.233 e. The van der Waals surface area contributed by atoms with Crippen molar-refractivity contribution >= 4 is 16.4 Å². The average molecular weight is 178 g/mol. The van der Waals surface area contributed by atoms with E-state index in [1.54, 1.807) is 0 Å². The molecule has 1 amide bonds. The van der Waals surface area contributed by atoms with Gasteiger partial charge in [-0.2, -0.15) is 0 Å². The lowest BCUT2D eigenvalue weighted by atomic mass is 10.8. The lowest BCUT2D eigenvalue weighted by molar-refractivity contribution is -0.109. The van der Waals surface area contributed by atoms with Gasteiger partial charge in [-0.3, -0.25) is 9.10 Å². The van der Waals surface area contributed by atoms with Gasteiger partial charge in [-0.1, -0.05) is 6.58 Å². The second kappa shape index (κ2) is 3.38. The van der Waals surface area contributed by atoms with Gasteiger partial charge in [0.1, 0.15) is 5.82 Å². The number of carbonyl (C=O) groups is 1. The van der Waals surface area contributed by atoms with E-state index in [1.807, 2.05) is 0 Å². The predicted molar refractivity (Wildman–Crippen MR) is 40.9 cm³/mol. The summed E-state index contributed by atoms with van der Waals surface area (Å²) in [5.41, 5.74) is 0. The van der Waals surface area contributed by atoms with E-state index in [4.69, 9.17) is 0 Å². The van der Waals surface area contributed by atoms with Crippen molar-refractivity contribution < 1.29 is 13.2 Å². The highest BCUT2D eigenvalue weighted by Gasteiger charge is 2.11. The maximum absolute atomic E-state index is 10.8. The Bertz CT molecular complexity index is 257. The lowest BCUT2D eigenvalue weighted by Gasteiger charge is -2.17. The summed E-state index contributed by atoms with van der Waals surface area (Å²) in [6.45, 7) is 3.32. The molecule has 0 heterocycles. The first kappa shape index (κ1) is 9.96. The molecule has 0 aliphatic rings. The molecule has 0 saturated heterocycles. The van der Waals surface area contributed by atoms with E-state index in [-0.39, 0.29) is 5.82 Å². The van der Waals surface area contributed by atoms with Crippen LogP contribution in [0.4, 0.5) is 0 Å². The van der Waals surface area contributed by atoms with Gasteiger partial charge in [-0.15, -0.1) is 0 Å². The zero-order chi connectivity index (χ0) is 9.07. The van der Waals surface area contributed by atoms with Crippen LogP contribution in [0.2, 0.25) is 0 Å². The van der Waals surface area contributed by atoms with E-state index in [2.05, 4.69) is 11.9 Å². The molecule has 0 aromatic rings. The maximum atomic E-state index is 10.8. The van der Waals surface area contributed by atoms with E-state index in [0.29, 0.717) is 6.41 Å². The van der Waals surface area contributed by atoms with Gasteiger partial charge in [0.25, 0.3) is 0 Å². The normalized spacial score (nSPS) is 10.4. The van der Waals surface area contributed by atoms with Crippen LogP contribution in [0.15, 0.2) is 12.4 Å². The minimum absolute atomic E-state index is 0.0301. The highest BCUT2D eigenvalue weighted by atomic mass is 32.2. The molecule has 0 radical (unpaired) electrons. The van der Waals surface area contributed by atoms with Gasteiger partial charge in [0.2, 0.25) is 16.4 Å². The molecule has 0 aromatic heterocycles. The molecule has 64 valence electrons. The first-order valence-corrected chi connectivity index (χ1v) is 4.57. The van der Waals surface area contributed by atoms with Crippen molar-refractivity contribution in [2.75, 3.05) is 13.3 Å². The standard InChI is InChI=1S/C5H10N2O3S/c1-5(6-4-8)7(2)11(3,9)10/h4H,1H2,2-3H3,(H,6,8). The number of amides is 1. The number of hydrogen-bond acceptors (Lipinski definition) is 3. The van der Waals surface area contributed by atoms with E-state index in [1.165, 1.54) is 7.05 Å². The number of carbonyl (C=O) groups excluding carboxylic acids is 1. The molecule has 0 aromatic carbocycles. The molecule has 0 aliphatic heterocycles. The van der Waals surface area contributed by atoms with Crippen LogP contribution in [0.3, 0.4) is 0 Å². The van der Waals surface area contributed by atoms with Crippen molar-refractivity contribution in [3.05, 3.63) is 12.4 Å². The van der Waals surface area contributed by atoms with Crippen molar-refractivity contribution in [1.29, 1.82) is 0 Å². The second-order valence-corrected chi connectivity index (χ2v) is 3.95. The smallest absolute Gasteiger partial charge is 0.233 e. The Balaban J connectivity index is 4.38. The van der Waals surface area contributed by atoms with Crippen LogP contribution in [0.5, 0.6) is 0 Å². The molecule has 0 aliphatic carbocycles. The van der Waals surface area contributed by atoms with Crippen LogP contribution >= 0.6 is 0 Å². The number of nitrogens with one attached hydrogen (secondary N) is 1. The fraction of sp³-hybridized carbons (Fsp3) is 0.400. The van der Waals surface area contributed by atoms with Gasteiger partial charge in [-0.05, 0) is 0 Å². The SMILES string of the molecule is C=C(NC=O)N(C)S(C)(=O)=O. The summed E-state index contributed by atoms with van der Waals surface area (Å²) >= 11 is 0. The van der Waals surface area contributed by atoms with E-state index >= 15 is 0 Å². The molecule has 0 fully saturated rings. The summed E-state index contributed by atoms with van der Waals surface area (Å²) in [5, 5.41) is 2.12. The minimum Gasteiger partial charge on any atom is -0.315 e. The fourth-order valence-electron chi connectivity index (χ4n) is 0.359. The van der Waals surface area contributed by atoms with Crippen LogP contribution in [-0.2, 0) is 14.8 Å². The van der Waals surface area contributed by atoms with Gasteiger partial charge in [0.05, 0.1) is 6.26 Å². The van der Waals surface area contributed by atoms with Crippen LogP contribution in [0.25, 0.3) is 0 Å². The van der Waals surface area contributed by atoms with Gasteiger partial charge in [-0.25, -0.2) is 8.42 Å². The molecular weight excluding hydrogens is 168 g/mol. The summed E-state index contributed by atoms with van der Waals surface area (Å²) < 4.78 is 22.4. The molecule has 0 unspecified atom stereocenters. The zero-order valence-corrected chi connectivity index (χ0v) is 7.18. The van der Waals surface area contributed by atoms with Crippen molar-refractivity contribution in [3.8, 4) is 0 Å². The monoisotopic (exact) mass is 178 g/mol. The Hall–Kier alpha value is -1.04. The predicted octanol–water partition coefficient (Wildman–Crippen LogP) is -0.905. The summed E-state index contributed by atoms with van der Waals surface area (Å²) in [5.74, 6) is 0.0301. The largest absolute Gasteiger partial charge is 0.315 e. The summed E-state index contributed by atoms with van der Waals surface area (Å²) in [7, 11) is -2.01. The molecular formula is C5H10N2O3S. The third-order valence-electron chi connectivity index (χ3n) is 1.10. The summed E-state index contributed by atoms with van der Waals surface area (Å²) in [6, 6.07) is 0. The molecule has 0 saturated carbocycles.